The minimum atomic E-state index is 0.620. The zero-order valence-corrected chi connectivity index (χ0v) is 6.72. The molecule has 2 rings (SSSR count). The van der Waals surface area contributed by atoms with Crippen molar-refractivity contribution in [2.24, 2.45) is 0 Å². The molecule has 0 aromatic carbocycles. The van der Waals surface area contributed by atoms with Gasteiger partial charge in [-0.05, 0) is 13.0 Å². The molecule has 0 saturated heterocycles. The maximum absolute atomic E-state index is 5.02. The maximum atomic E-state index is 5.02. The number of fused-ring (bicyclic) bond motifs is 1. The van der Waals surface area contributed by atoms with Crippen LogP contribution in [0.15, 0.2) is 12.3 Å². The second kappa shape index (κ2) is 2.13. The monoisotopic (exact) mass is 166 g/mol. The Balaban J connectivity index is 3.02. The summed E-state index contributed by atoms with van der Waals surface area (Å²) in [5, 5.41) is 2.97. The summed E-state index contributed by atoms with van der Waals surface area (Å²) in [7, 11) is 0. The van der Waals surface area contributed by atoms with Gasteiger partial charge in [0, 0.05) is 6.20 Å². The number of aryl methyl sites for hydroxylation is 1. The smallest absolute Gasteiger partial charge is 0.251 e. The Labute approximate surface area is 67.9 Å². The summed E-state index contributed by atoms with van der Waals surface area (Å²) >= 11 is 5.02. The number of hydrogen-bond donors (Lipinski definition) is 1. The lowest BCUT2D eigenvalue weighted by Gasteiger charge is -1.87. The van der Waals surface area contributed by atoms with Crippen LogP contribution in [0, 0.1) is 11.6 Å². The van der Waals surface area contributed by atoms with Crippen LogP contribution < -0.4 is 0 Å². The number of nitrogens with zero attached hydrogens (tertiary/aromatic N) is 3. The van der Waals surface area contributed by atoms with Crippen LogP contribution in [0.4, 0.5) is 0 Å². The third kappa shape index (κ3) is 0.932. The molecule has 11 heavy (non-hydrogen) atoms. The van der Waals surface area contributed by atoms with E-state index in [2.05, 4.69) is 15.1 Å². The quantitative estimate of drug-likeness (QED) is 0.596. The topological polar surface area (TPSA) is 46.0 Å². The van der Waals surface area contributed by atoms with E-state index < -0.39 is 0 Å². The Kier molecular flexibility index (Phi) is 1.25. The van der Waals surface area contributed by atoms with E-state index in [4.69, 9.17) is 12.2 Å². The highest BCUT2D eigenvalue weighted by atomic mass is 32.1. The molecule has 2 aromatic heterocycles. The highest BCUT2D eigenvalue weighted by molar-refractivity contribution is 7.71. The van der Waals surface area contributed by atoms with E-state index in [0.717, 1.165) is 5.82 Å². The molecule has 0 atom stereocenters. The van der Waals surface area contributed by atoms with Crippen molar-refractivity contribution in [1.82, 2.24) is 19.6 Å². The van der Waals surface area contributed by atoms with Crippen molar-refractivity contribution in [3.63, 3.8) is 0 Å². The number of rotatable bonds is 0. The van der Waals surface area contributed by atoms with Gasteiger partial charge in [-0.2, -0.15) is 4.98 Å². The fourth-order valence-corrected chi connectivity index (χ4v) is 1.11. The fourth-order valence-electron chi connectivity index (χ4n) is 0.919. The molecule has 0 amide bonds. The lowest BCUT2D eigenvalue weighted by atomic mass is 10.7. The zero-order chi connectivity index (χ0) is 7.84. The van der Waals surface area contributed by atoms with Crippen LogP contribution in [0.3, 0.4) is 0 Å². The van der Waals surface area contributed by atoms with E-state index in [9.17, 15) is 0 Å². The van der Waals surface area contributed by atoms with Crippen molar-refractivity contribution in [2.75, 3.05) is 0 Å². The van der Waals surface area contributed by atoms with Crippen molar-refractivity contribution in [2.45, 2.75) is 6.92 Å². The molecule has 0 radical (unpaired) electrons. The lowest BCUT2D eigenvalue weighted by molar-refractivity contribution is 0.903. The molecule has 0 unspecified atom stereocenters. The molecule has 1 N–H and O–H groups in total. The molecular formula is C6H6N4S. The van der Waals surface area contributed by atoms with Crippen LogP contribution in [0.5, 0.6) is 0 Å². The first kappa shape index (κ1) is 6.48. The third-order valence-electron chi connectivity index (χ3n) is 1.37. The number of aromatic amines is 1. The van der Waals surface area contributed by atoms with Gasteiger partial charge in [0.2, 0.25) is 0 Å². The van der Waals surface area contributed by atoms with E-state index in [1.807, 2.05) is 6.92 Å². The Morgan fingerprint density at radius 3 is 3.18 bits per heavy atom. The van der Waals surface area contributed by atoms with Crippen LogP contribution >= 0.6 is 12.2 Å². The summed E-state index contributed by atoms with van der Waals surface area (Å²) in [6, 6.07) is 1.75. The molecule has 5 heteroatoms. The minimum absolute atomic E-state index is 0.620. The van der Waals surface area contributed by atoms with E-state index in [-0.39, 0.29) is 0 Å². The van der Waals surface area contributed by atoms with Gasteiger partial charge in [-0.15, -0.1) is 0 Å². The first-order valence-corrected chi connectivity index (χ1v) is 3.58. The summed E-state index contributed by atoms with van der Waals surface area (Å²) in [5.41, 5.74) is 0. The molecule has 0 aliphatic carbocycles. The number of H-pyrrole nitrogens is 1. The average molecular weight is 166 g/mol. The zero-order valence-electron chi connectivity index (χ0n) is 5.90. The Bertz CT molecular complexity index is 441. The Morgan fingerprint density at radius 2 is 2.45 bits per heavy atom. The summed E-state index contributed by atoms with van der Waals surface area (Å²) in [6.45, 7) is 1.86. The SMILES string of the molecule is Cc1nc2nccc(=S)n2[nH]1. The molecule has 0 spiro atoms. The van der Waals surface area contributed by atoms with E-state index in [1.165, 1.54) is 0 Å². The van der Waals surface area contributed by atoms with E-state index in [1.54, 1.807) is 16.8 Å². The average Bonchev–Trinajstić information content (AvgIpc) is 2.31. The van der Waals surface area contributed by atoms with Gasteiger partial charge in [0.25, 0.3) is 5.78 Å². The van der Waals surface area contributed by atoms with Crippen LogP contribution in [0.25, 0.3) is 5.78 Å². The van der Waals surface area contributed by atoms with Crippen LogP contribution in [0.2, 0.25) is 0 Å². The van der Waals surface area contributed by atoms with Gasteiger partial charge in [-0.3, -0.25) is 5.10 Å². The molecule has 0 aliphatic rings. The van der Waals surface area contributed by atoms with Crippen molar-refractivity contribution in [1.29, 1.82) is 0 Å². The summed E-state index contributed by atoms with van der Waals surface area (Å²) in [5.74, 6) is 1.44. The molecular weight excluding hydrogens is 160 g/mol. The molecule has 56 valence electrons. The second-order valence-electron chi connectivity index (χ2n) is 2.23. The predicted octanol–water partition coefficient (Wildman–Crippen LogP) is 1.10. The molecule has 0 saturated carbocycles. The van der Waals surface area contributed by atoms with Crippen molar-refractivity contribution in [3.8, 4) is 0 Å². The fraction of sp³-hybridized carbons (Fsp3) is 0.167. The first-order chi connectivity index (χ1) is 5.27. The lowest BCUT2D eigenvalue weighted by Crippen LogP contribution is -1.90. The van der Waals surface area contributed by atoms with Crippen LogP contribution in [-0.2, 0) is 0 Å². The molecule has 2 aromatic rings. The first-order valence-electron chi connectivity index (χ1n) is 3.18. The van der Waals surface area contributed by atoms with E-state index >= 15 is 0 Å². The van der Waals surface area contributed by atoms with Crippen molar-refractivity contribution < 1.29 is 0 Å². The molecule has 0 bridgehead atoms. The molecule has 4 nitrogen and oxygen atoms in total. The third-order valence-corrected chi connectivity index (χ3v) is 1.69. The van der Waals surface area contributed by atoms with Crippen LogP contribution in [-0.4, -0.2) is 19.6 Å². The van der Waals surface area contributed by atoms with Gasteiger partial charge >= 0.3 is 0 Å². The van der Waals surface area contributed by atoms with Gasteiger partial charge in [0.1, 0.15) is 10.5 Å². The molecule has 0 aliphatic heterocycles. The van der Waals surface area contributed by atoms with Crippen molar-refractivity contribution in [3.05, 3.63) is 22.7 Å². The predicted molar refractivity (Wildman–Crippen MR) is 42.9 cm³/mol. The van der Waals surface area contributed by atoms with Gasteiger partial charge < -0.3 is 0 Å². The van der Waals surface area contributed by atoms with Gasteiger partial charge in [0.05, 0.1) is 0 Å². The highest BCUT2D eigenvalue weighted by Crippen LogP contribution is 1.96. The Morgan fingerprint density at radius 1 is 1.64 bits per heavy atom. The van der Waals surface area contributed by atoms with Gasteiger partial charge in [-0.25, -0.2) is 9.50 Å². The highest BCUT2D eigenvalue weighted by Gasteiger charge is 1.96. The van der Waals surface area contributed by atoms with Gasteiger partial charge in [0.15, 0.2) is 0 Å². The van der Waals surface area contributed by atoms with E-state index in [0.29, 0.717) is 10.4 Å². The number of hydrogen-bond acceptors (Lipinski definition) is 3. The van der Waals surface area contributed by atoms with Crippen LogP contribution in [0.1, 0.15) is 5.82 Å². The van der Waals surface area contributed by atoms with Gasteiger partial charge in [-0.1, -0.05) is 12.2 Å². The minimum Gasteiger partial charge on any atom is -0.277 e. The number of aromatic nitrogens is 4. The normalized spacial score (nSPS) is 10.6. The largest absolute Gasteiger partial charge is 0.277 e. The molecule has 2 heterocycles. The summed E-state index contributed by atoms with van der Waals surface area (Å²) in [6.07, 6.45) is 1.65. The summed E-state index contributed by atoms with van der Waals surface area (Å²) in [4.78, 5) is 8.12. The summed E-state index contributed by atoms with van der Waals surface area (Å²) < 4.78 is 2.36. The Hall–Kier alpha value is -1.23. The number of nitrogens with one attached hydrogen (secondary N) is 1. The standard InChI is InChI=1S/C6H6N4S/c1-4-8-6-7-3-2-5(11)10(6)9-4/h2-3H,1H3,(H,7,8,9). The molecule has 0 fully saturated rings. The second-order valence-corrected chi connectivity index (χ2v) is 2.65. The van der Waals surface area contributed by atoms with Crippen molar-refractivity contribution >= 4 is 18.0 Å². The maximum Gasteiger partial charge on any atom is 0.251 e.